The second kappa shape index (κ2) is 9.14. The number of nitro benzene ring substituents is 1. The van der Waals surface area contributed by atoms with Crippen molar-refractivity contribution in [1.82, 2.24) is 10.9 Å². The second-order valence-corrected chi connectivity index (χ2v) is 5.70. The molecule has 8 nitrogen and oxygen atoms in total. The fourth-order valence-electron chi connectivity index (χ4n) is 2.33. The quantitative estimate of drug-likeness (QED) is 0.462. The topological polar surface area (TPSA) is 111 Å². The highest BCUT2D eigenvalue weighted by molar-refractivity contribution is 5.93. The zero-order chi connectivity index (χ0) is 19.8. The Morgan fingerprint density at radius 2 is 1.74 bits per heavy atom. The van der Waals surface area contributed by atoms with E-state index in [1.54, 1.807) is 6.07 Å². The van der Waals surface area contributed by atoms with E-state index < -0.39 is 16.7 Å². The van der Waals surface area contributed by atoms with E-state index in [2.05, 4.69) is 10.9 Å². The van der Waals surface area contributed by atoms with Crippen molar-refractivity contribution < 1.29 is 19.2 Å². The van der Waals surface area contributed by atoms with Crippen LogP contribution in [-0.4, -0.2) is 23.3 Å². The van der Waals surface area contributed by atoms with Gasteiger partial charge in [0, 0.05) is 12.1 Å². The molecular formula is C19H19N3O5. The lowest BCUT2D eigenvalue weighted by atomic mass is 10.1. The Balaban J connectivity index is 1.85. The molecule has 0 saturated heterocycles. The molecule has 0 fully saturated rings. The van der Waals surface area contributed by atoms with Gasteiger partial charge in [0.1, 0.15) is 5.75 Å². The molecule has 0 unspecified atom stereocenters. The maximum atomic E-state index is 11.8. The summed E-state index contributed by atoms with van der Waals surface area (Å²) in [6, 6.07) is 11.6. The summed E-state index contributed by atoms with van der Waals surface area (Å²) >= 11 is 0. The van der Waals surface area contributed by atoms with Crippen LogP contribution in [0.25, 0.3) is 6.08 Å². The van der Waals surface area contributed by atoms with Gasteiger partial charge in [0.25, 0.3) is 17.5 Å². The summed E-state index contributed by atoms with van der Waals surface area (Å²) in [4.78, 5) is 33.9. The standard InChI is InChI=1S/C19H19N3O5/c1-13-6-5-7-14(2)19(13)27-12-18(24)21-20-17(23)11-10-15-8-3-4-9-16(15)22(25)26/h3-11H,12H2,1-2H3,(H,20,23)(H,21,24)/b11-10+. The minimum atomic E-state index is -0.631. The molecule has 0 spiro atoms. The molecule has 2 aromatic rings. The number of carbonyl (C=O) groups is 2. The number of hydrogen-bond donors (Lipinski definition) is 2. The lowest BCUT2D eigenvalue weighted by molar-refractivity contribution is -0.385. The summed E-state index contributed by atoms with van der Waals surface area (Å²) in [5.74, 6) is -0.547. The largest absolute Gasteiger partial charge is 0.483 e. The Bertz CT molecular complexity index is 872. The number of ether oxygens (including phenoxy) is 1. The van der Waals surface area contributed by atoms with Crippen molar-refractivity contribution in [2.75, 3.05) is 6.61 Å². The highest BCUT2D eigenvalue weighted by Crippen LogP contribution is 2.22. The van der Waals surface area contributed by atoms with E-state index in [9.17, 15) is 19.7 Å². The number of amides is 2. The summed E-state index contributed by atoms with van der Waals surface area (Å²) in [6.45, 7) is 3.48. The zero-order valence-corrected chi connectivity index (χ0v) is 14.9. The van der Waals surface area contributed by atoms with E-state index in [1.165, 1.54) is 24.3 Å². The number of nitro groups is 1. The smallest absolute Gasteiger partial charge is 0.276 e. The number of aryl methyl sites for hydroxylation is 2. The monoisotopic (exact) mass is 369 g/mol. The van der Waals surface area contributed by atoms with E-state index in [0.717, 1.165) is 17.2 Å². The average Bonchev–Trinajstić information content (AvgIpc) is 2.64. The van der Waals surface area contributed by atoms with Crippen LogP contribution in [0, 0.1) is 24.0 Å². The van der Waals surface area contributed by atoms with Crippen LogP contribution in [0.5, 0.6) is 5.75 Å². The predicted molar refractivity (Wildman–Crippen MR) is 99.8 cm³/mol. The van der Waals surface area contributed by atoms with Crippen LogP contribution in [0.1, 0.15) is 16.7 Å². The van der Waals surface area contributed by atoms with Crippen molar-refractivity contribution in [2.45, 2.75) is 13.8 Å². The molecule has 0 atom stereocenters. The number of para-hydroxylation sites is 2. The SMILES string of the molecule is Cc1cccc(C)c1OCC(=O)NNC(=O)/C=C/c1ccccc1[N+](=O)[O-]. The van der Waals surface area contributed by atoms with Crippen molar-refractivity contribution in [3.63, 3.8) is 0 Å². The minimum absolute atomic E-state index is 0.118. The van der Waals surface area contributed by atoms with Crippen LogP contribution < -0.4 is 15.6 Å². The summed E-state index contributed by atoms with van der Waals surface area (Å²) < 4.78 is 5.48. The molecule has 2 rings (SSSR count). The Morgan fingerprint density at radius 1 is 1.07 bits per heavy atom. The van der Waals surface area contributed by atoms with Gasteiger partial charge in [0.05, 0.1) is 10.5 Å². The second-order valence-electron chi connectivity index (χ2n) is 5.70. The molecule has 0 aliphatic heterocycles. The van der Waals surface area contributed by atoms with Gasteiger partial charge in [-0.2, -0.15) is 0 Å². The normalized spacial score (nSPS) is 10.4. The van der Waals surface area contributed by atoms with E-state index >= 15 is 0 Å². The first-order valence-electron chi connectivity index (χ1n) is 8.08. The zero-order valence-electron chi connectivity index (χ0n) is 14.9. The van der Waals surface area contributed by atoms with Crippen molar-refractivity contribution in [3.8, 4) is 5.75 Å². The predicted octanol–water partition coefficient (Wildman–Crippen LogP) is 2.45. The number of carbonyl (C=O) groups excluding carboxylic acids is 2. The molecule has 140 valence electrons. The number of hydrazine groups is 1. The van der Waals surface area contributed by atoms with Crippen LogP contribution in [-0.2, 0) is 9.59 Å². The Morgan fingerprint density at radius 3 is 2.41 bits per heavy atom. The van der Waals surface area contributed by atoms with Gasteiger partial charge < -0.3 is 4.74 Å². The van der Waals surface area contributed by atoms with Crippen LogP contribution in [0.4, 0.5) is 5.69 Å². The molecule has 0 bridgehead atoms. The summed E-state index contributed by atoms with van der Waals surface area (Å²) in [6.07, 6.45) is 2.39. The van der Waals surface area contributed by atoms with Crippen molar-refractivity contribution >= 4 is 23.6 Å². The van der Waals surface area contributed by atoms with Crippen molar-refractivity contribution in [3.05, 3.63) is 75.3 Å². The third kappa shape index (κ3) is 5.67. The summed E-state index contributed by atoms with van der Waals surface area (Å²) in [5.41, 5.74) is 6.37. The number of hydrogen-bond acceptors (Lipinski definition) is 5. The van der Waals surface area contributed by atoms with E-state index in [4.69, 9.17) is 4.74 Å². The molecule has 8 heteroatoms. The summed E-state index contributed by atoms with van der Waals surface area (Å²) in [5, 5.41) is 10.9. The van der Waals surface area contributed by atoms with Crippen LogP contribution in [0.15, 0.2) is 48.5 Å². The van der Waals surface area contributed by atoms with E-state index in [-0.39, 0.29) is 17.9 Å². The summed E-state index contributed by atoms with van der Waals surface area (Å²) in [7, 11) is 0. The van der Waals surface area contributed by atoms with Gasteiger partial charge in [-0.15, -0.1) is 0 Å². The molecule has 0 heterocycles. The molecule has 2 aromatic carbocycles. The van der Waals surface area contributed by atoms with Crippen LogP contribution in [0.2, 0.25) is 0 Å². The maximum absolute atomic E-state index is 11.8. The van der Waals surface area contributed by atoms with Gasteiger partial charge in [-0.05, 0) is 37.1 Å². The highest BCUT2D eigenvalue weighted by Gasteiger charge is 2.10. The molecule has 27 heavy (non-hydrogen) atoms. The first-order valence-corrected chi connectivity index (χ1v) is 8.08. The van der Waals surface area contributed by atoms with Gasteiger partial charge in [0.2, 0.25) is 0 Å². The van der Waals surface area contributed by atoms with Gasteiger partial charge in [-0.25, -0.2) is 0 Å². The first-order chi connectivity index (χ1) is 12.9. The molecular weight excluding hydrogens is 350 g/mol. The lowest BCUT2D eigenvalue weighted by Gasteiger charge is -2.11. The van der Waals surface area contributed by atoms with Crippen molar-refractivity contribution in [2.24, 2.45) is 0 Å². The molecule has 2 N–H and O–H groups in total. The maximum Gasteiger partial charge on any atom is 0.276 e. The Kier molecular flexibility index (Phi) is 6.65. The minimum Gasteiger partial charge on any atom is -0.483 e. The van der Waals surface area contributed by atoms with Crippen LogP contribution >= 0.6 is 0 Å². The third-order valence-corrected chi connectivity index (χ3v) is 3.63. The Labute approximate surface area is 156 Å². The molecule has 2 amide bonds. The molecule has 0 aliphatic carbocycles. The van der Waals surface area contributed by atoms with Gasteiger partial charge in [-0.1, -0.05) is 30.3 Å². The lowest BCUT2D eigenvalue weighted by Crippen LogP contribution is -2.43. The number of rotatable bonds is 6. The molecule has 0 aromatic heterocycles. The van der Waals surface area contributed by atoms with Gasteiger partial charge in [-0.3, -0.25) is 30.6 Å². The molecule has 0 saturated carbocycles. The number of nitrogens with one attached hydrogen (secondary N) is 2. The average molecular weight is 369 g/mol. The fraction of sp³-hybridized carbons (Fsp3) is 0.158. The number of benzene rings is 2. The highest BCUT2D eigenvalue weighted by atomic mass is 16.6. The third-order valence-electron chi connectivity index (χ3n) is 3.63. The van der Waals surface area contributed by atoms with Crippen molar-refractivity contribution in [1.29, 1.82) is 0 Å². The van der Waals surface area contributed by atoms with Gasteiger partial charge >= 0.3 is 0 Å². The fourth-order valence-corrected chi connectivity index (χ4v) is 2.33. The molecule has 0 aliphatic rings. The first kappa shape index (κ1) is 19.6. The van der Waals surface area contributed by atoms with Gasteiger partial charge in [0.15, 0.2) is 6.61 Å². The van der Waals surface area contributed by atoms with E-state index in [1.807, 2.05) is 32.0 Å². The van der Waals surface area contributed by atoms with Crippen LogP contribution in [0.3, 0.4) is 0 Å². The number of nitrogens with zero attached hydrogens (tertiary/aromatic N) is 1. The Hall–Kier alpha value is -3.68. The van der Waals surface area contributed by atoms with E-state index in [0.29, 0.717) is 5.75 Å². The molecule has 0 radical (unpaired) electrons.